The van der Waals surface area contributed by atoms with E-state index >= 15 is 0 Å². The zero-order valence-electron chi connectivity index (χ0n) is 19.7. The molecule has 1 aliphatic carbocycles. The third-order valence-electron chi connectivity index (χ3n) is 5.59. The molecule has 1 aliphatic rings. The number of esters is 2. The number of aliphatic hydroxyl groups is 1. The second kappa shape index (κ2) is 11.3. The minimum absolute atomic E-state index is 0.433. The van der Waals surface area contributed by atoms with Crippen LogP contribution in [0.3, 0.4) is 0 Å². The first kappa shape index (κ1) is 25.9. The van der Waals surface area contributed by atoms with Gasteiger partial charge in [0.05, 0.1) is 11.5 Å². The number of carbonyl (C=O) groups is 2. The third kappa shape index (κ3) is 7.60. The molecule has 3 atom stereocenters. The highest BCUT2D eigenvalue weighted by atomic mass is 16.6. The van der Waals surface area contributed by atoms with E-state index in [0.29, 0.717) is 17.6 Å². The Kier molecular flexibility index (Phi) is 9.76. The molecule has 0 saturated heterocycles. The fourth-order valence-corrected chi connectivity index (χ4v) is 3.51. The van der Waals surface area contributed by atoms with Crippen molar-refractivity contribution in [2.45, 2.75) is 92.5 Å². The Morgan fingerprint density at radius 3 is 2.07 bits per heavy atom. The minimum atomic E-state index is -1.26. The van der Waals surface area contributed by atoms with Gasteiger partial charge >= 0.3 is 11.9 Å². The first-order valence-corrected chi connectivity index (χ1v) is 10.6. The standard InChI is InChI=1S/C25H38O5/c1-9-18(5)23(26)29-20-14-16(3)12-11-13-17(4)15-21(22(20)25(7,8)28)30-24(27)19(6)10-2/h9-10,12,15,20-22,28H,11,13-14H2,1-8H3/b16-12+,17-15+,18-9+,19-10+/t20-,21+,22+/m0/s1. The predicted octanol–water partition coefficient (Wildman–Crippen LogP) is 5.21. The Balaban J connectivity index is 3.52. The molecule has 0 fully saturated rings. The van der Waals surface area contributed by atoms with Gasteiger partial charge in [0.1, 0.15) is 12.2 Å². The van der Waals surface area contributed by atoms with Crippen LogP contribution in [0.2, 0.25) is 0 Å². The van der Waals surface area contributed by atoms with E-state index in [0.717, 1.165) is 24.0 Å². The lowest BCUT2D eigenvalue weighted by Gasteiger charge is -2.40. The van der Waals surface area contributed by atoms with Crippen molar-refractivity contribution in [3.8, 4) is 0 Å². The van der Waals surface area contributed by atoms with Gasteiger partial charge in [0.15, 0.2) is 0 Å². The van der Waals surface area contributed by atoms with E-state index in [1.165, 1.54) is 0 Å². The molecule has 0 aromatic heterocycles. The first-order chi connectivity index (χ1) is 13.9. The first-order valence-electron chi connectivity index (χ1n) is 10.6. The monoisotopic (exact) mass is 418 g/mol. The van der Waals surface area contributed by atoms with Crippen molar-refractivity contribution >= 4 is 11.9 Å². The summed E-state index contributed by atoms with van der Waals surface area (Å²) in [5.74, 6) is -1.52. The second-order valence-corrected chi connectivity index (χ2v) is 8.74. The lowest BCUT2D eigenvalue weighted by Crippen LogP contribution is -2.49. The normalized spacial score (nSPS) is 28.0. The molecule has 0 amide bonds. The number of carbonyl (C=O) groups excluding carboxylic acids is 2. The average molecular weight is 419 g/mol. The van der Waals surface area contributed by atoms with E-state index in [4.69, 9.17) is 9.47 Å². The molecule has 5 nitrogen and oxygen atoms in total. The molecule has 0 spiro atoms. The maximum absolute atomic E-state index is 12.6. The van der Waals surface area contributed by atoms with Crippen molar-refractivity contribution in [1.82, 2.24) is 0 Å². The van der Waals surface area contributed by atoms with Gasteiger partial charge in [0.25, 0.3) is 0 Å². The smallest absolute Gasteiger partial charge is 0.333 e. The van der Waals surface area contributed by atoms with Gasteiger partial charge in [-0.3, -0.25) is 0 Å². The van der Waals surface area contributed by atoms with Crippen LogP contribution in [0.25, 0.3) is 0 Å². The number of ether oxygens (including phenoxy) is 2. The molecule has 0 aromatic rings. The van der Waals surface area contributed by atoms with Gasteiger partial charge in [0, 0.05) is 17.6 Å². The Hall–Kier alpha value is -2.14. The van der Waals surface area contributed by atoms with Crippen molar-refractivity contribution in [3.05, 3.63) is 46.6 Å². The molecule has 0 unspecified atom stereocenters. The molecule has 0 saturated carbocycles. The Labute approximate surface area is 181 Å². The molecule has 0 heterocycles. The van der Waals surface area contributed by atoms with E-state index in [-0.39, 0.29) is 0 Å². The van der Waals surface area contributed by atoms with Crippen LogP contribution in [-0.4, -0.2) is 34.9 Å². The van der Waals surface area contributed by atoms with Crippen LogP contribution in [0.4, 0.5) is 0 Å². The lowest BCUT2D eigenvalue weighted by molar-refractivity contribution is -0.166. The molecule has 168 valence electrons. The predicted molar refractivity (Wildman–Crippen MR) is 120 cm³/mol. The van der Waals surface area contributed by atoms with E-state index in [1.807, 2.05) is 19.9 Å². The van der Waals surface area contributed by atoms with Crippen LogP contribution < -0.4 is 0 Å². The number of allylic oxidation sites excluding steroid dienone is 4. The highest BCUT2D eigenvalue weighted by Crippen LogP contribution is 2.34. The van der Waals surface area contributed by atoms with Gasteiger partial charge in [-0.1, -0.05) is 29.4 Å². The average Bonchev–Trinajstić information content (AvgIpc) is 2.64. The summed E-state index contributed by atoms with van der Waals surface area (Å²) in [5, 5.41) is 11.1. The van der Waals surface area contributed by atoms with Gasteiger partial charge in [-0.05, 0) is 74.3 Å². The second-order valence-electron chi connectivity index (χ2n) is 8.74. The highest BCUT2D eigenvalue weighted by molar-refractivity contribution is 5.88. The summed E-state index contributed by atoms with van der Waals surface area (Å²) in [6.45, 7) is 14.3. The van der Waals surface area contributed by atoms with Gasteiger partial charge in [-0.15, -0.1) is 0 Å². The molecule has 0 bridgehead atoms. The van der Waals surface area contributed by atoms with Crippen molar-refractivity contribution < 1.29 is 24.2 Å². The summed E-state index contributed by atoms with van der Waals surface area (Å²) in [6.07, 6.45) is 8.16. The molecule has 1 N–H and O–H groups in total. The van der Waals surface area contributed by atoms with Gasteiger partial charge in [-0.2, -0.15) is 0 Å². The van der Waals surface area contributed by atoms with E-state index in [1.54, 1.807) is 53.7 Å². The molecule has 1 rings (SSSR count). The van der Waals surface area contributed by atoms with E-state index < -0.39 is 35.7 Å². The number of hydrogen-bond donors (Lipinski definition) is 1. The third-order valence-corrected chi connectivity index (χ3v) is 5.59. The maximum Gasteiger partial charge on any atom is 0.333 e. The van der Waals surface area contributed by atoms with Crippen LogP contribution in [0.15, 0.2) is 46.6 Å². The summed E-state index contributed by atoms with van der Waals surface area (Å²) in [6, 6.07) is 0. The molecule has 30 heavy (non-hydrogen) atoms. The molecule has 0 aromatic carbocycles. The fraction of sp³-hybridized carbons (Fsp3) is 0.600. The number of hydrogen-bond acceptors (Lipinski definition) is 5. The fourth-order valence-electron chi connectivity index (χ4n) is 3.51. The summed E-state index contributed by atoms with van der Waals surface area (Å²) in [5.41, 5.74) is 1.85. The van der Waals surface area contributed by atoms with Gasteiger partial charge in [0.2, 0.25) is 0 Å². The van der Waals surface area contributed by atoms with Crippen LogP contribution in [-0.2, 0) is 19.1 Å². The van der Waals surface area contributed by atoms with Crippen LogP contribution >= 0.6 is 0 Å². The topological polar surface area (TPSA) is 72.8 Å². The molecule has 0 aliphatic heterocycles. The molecular formula is C25H38O5. The van der Waals surface area contributed by atoms with Gasteiger partial charge < -0.3 is 14.6 Å². The summed E-state index contributed by atoms with van der Waals surface area (Å²) >= 11 is 0. The van der Waals surface area contributed by atoms with Crippen molar-refractivity contribution in [2.24, 2.45) is 5.92 Å². The number of rotatable bonds is 5. The largest absolute Gasteiger partial charge is 0.458 e. The quantitative estimate of drug-likeness (QED) is 0.377. The molecule has 5 heteroatoms. The van der Waals surface area contributed by atoms with Crippen LogP contribution in [0, 0.1) is 5.92 Å². The zero-order chi connectivity index (χ0) is 23.1. The van der Waals surface area contributed by atoms with E-state index in [9.17, 15) is 14.7 Å². The Morgan fingerprint density at radius 1 is 1.03 bits per heavy atom. The Morgan fingerprint density at radius 2 is 1.57 bits per heavy atom. The summed E-state index contributed by atoms with van der Waals surface area (Å²) < 4.78 is 11.7. The molecular weight excluding hydrogens is 380 g/mol. The maximum atomic E-state index is 12.6. The summed E-state index contributed by atoms with van der Waals surface area (Å²) in [4.78, 5) is 25.2. The minimum Gasteiger partial charge on any atom is -0.458 e. The van der Waals surface area contributed by atoms with Crippen LogP contribution in [0.1, 0.15) is 74.7 Å². The Bertz CT molecular complexity index is 746. The lowest BCUT2D eigenvalue weighted by atomic mass is 9.78. The van der Waals surface area contributed by atoms with Gasteiger partial charge in [-0.25, -0.2) is 9.59 Å². The van der Waals surface area contributed by atoms with Crippen molar-refractivity contribution in [1.29, 1.82) is 0 Å². The zero-order valence-corrected chi connectivity index (χ0v) is 19.7. The van der Waals surface area contributed by atoms with E-state index in [2.05, 4.69) is 6.08 Å². The van der Waals surface area contributed by atoms with Crippen molar-refractivity contribution in [3.63, 3.8) is 0 Å². The summed E-state index contributed by atoms with van der Waals surface area (Å²) in [7, 11) is 0. The highest BCUT2D eigenvalue weighted by Gasteiger charge is 2.43. The SMILES string of the molecule is C/C=C(\C)C(=O)O[C@H]1C/C(C)=C/CC/C(C)=C/[C@@H](OC(=O)/C(C)=C/C)[C@@H]1C(C)(C)O. The molecule has 0 radical (unpaired) electrons. The van der Waals surface area contributed by atoms with Crippen molar-refractivity contribution in [2.75, 3.05) is 0 Å². The van der Waals surface area contributed by atoms with Crippen LogP contribution in [0.5, 0.6) is 0 Å².